The van der Waals surface area contributed by atoms with Crippen LogP contribution in [0.5, 0.6) is 0 Å². The number of nitrogens with two attached hydrogens (primary N) is 1. The summed E-state index contributed by atoms with van der Waals surface area (Å²) in [4.78, 5) is 13.6. The Bertz CT molecular complexity index is 598. The summed E-state index contributed by atoms with van der Waals surface area (Å²) in [6.07, 6.45) is 0. The molecule has 2 aromatic carbocycles. The van der Waals surface area contributed by atoms with Crippen LogP contribution in [0.2, 0.25) is 0 Å². The van der Waals surface area contributed by atoms with Gasteiger partial charge in [0.25, 0.3) is 5.91 Å². The number of carbonyl (C=O) groups is 1. The quantitative estimate of drug-likeness (QED) is 0.860. The van der Waals surface area contributed by atoms with Crippen LogP contribution >= 0.6 is 0 Å². The molecule has 0 aromatic heterocycles. The van der Waals surface area contributed by atoms with E-state index in [9.17, 15) is 9.18 Å². The summed E-state index contributed by atoms with van der Waals surface area (Å²) in [5.41, 5.74) is 7.67. The zero-order valence-electron chi connectivity index (χ0n) is 10.6. The van der Waals surface area contributed by atoms with E-state index < -0.39 is 5.82 Å². The Hall–Kier alpha value is -2.36. The van der Waals surface area contributed by atoms with Crippen LogP contribution in [0.1, 0.15) is 15.9 Å². The van der Waals surface area contributed by atoms with Gasteiger partial charge in [-0.1, -0.05) is 24.3 Å². The lowest BCUT2D eigenvalue weighted by atomic mass is 10.1. The highest BCUT2D eigenvalue weighted by atomic mass is 19.1. The van der Waals surface area contributed by atoms with Gasteiger partial charge in [-0.15, -0.1) is 0 Å². The third-order valence-corrected chi connectivity index (χ3v) is 2.88. The monoisotopic (exact) mass is 258 g/mol. The van der Waals surface area contributed by atoms with Crippen molar-refractivity contribution in [1.82, 2.24) is 4.90 Å². The molecule has 0 fully saturated rings. The molecule has 0 unspecified atom stereocenters. The average molecular weight is 258 g/mol. The molecule has 1 amide bonds. The smallest absolute Gasteiger partial charge is 0.253 e. The molecule has 0 aliphatic heterocycles. The zero-order valence-corrected chi connectivity index (χ0v) is 10.6. The van der Waals surface area contributed by atoms with Crippen molar-refractivity contribution in [3.05, 3.63) is 65.5 Å². The van der Waals surface area contributed by atoms with E-state index in [4.69, 9.17) is 5.73 Å². The summed E-state index contributed by atoms with van der Waals surface area (Å²) in [5.74, 6) is -0.652. The van der Waals surface area contributed by atoms with E-state index in [2.05, 4.69) is 0 Å². The van der Waals surface area contributed by atoms with E-state index in [0.717, 1.165) is 5.56 Å². The first-order valence-corrected chi connectivity index (χ1v) is 5.92. The lowest BCUT2D eigenvalue weighted by molar-refractivity contribution is 0.0785. The second kappa shape index (κ2) is 5.52. The van der Waals surface area contributed by atoms with E-state index in [1.807, 2.05) is 18.2 Å². The predicted molar refractivity (Wildman–Crippen MR) is 73.1 cm³/mol. The number of hydrogen-bond donors (Lipinski definition) is 1. The maximum Gasteiger partial charge on any atom is 0.253 e. The third kappa shape index (κ3) is 3.10. The molecule has 0 radical (unpaired) electrons. The Balaban J connectivity index is 2.14. The van der Waals surface area contributed by atoms with E-state index in [0.29, 0.717) is 17.8 Å². The minimum absolute atomic E-state index is 0.234. The summed E-state index contributed by atoms with van der Waals surface area (Å²) >= 11 is 0. The van der Waals surface area contributed by atoms with Crippen molar-refractivity contribution in [1.29, 1.82) is 0 Å². The summed E-state index contributed by atoms with van der Waals surface area (Å²) in [7, 11) is 1.67. The maximum absolute atomic E-state index is 13.1. The van der Waals surface area contributed by atoms with Crippen LogP contribution in [-0.4, -0.2) is 17.9 Å². The van der Waals surface area contributed by atoms with Gasteiger partial charge in [-0.2, -0.15) is 0 Å². The van der Waals surface area contributed by atoms with Gasteiger partial charge in [-0.3, -0.25) is 4.79 Å². The fraction of sp³-hybridized carbons (Fsp3) is 0.133. The van der Waals surface area contributed by atoms with Gasteiger partial charge in [0, 0.05) is 24.8 Å². The van der Waals surface area contributed by atoms with Crippen LogP contribution in [0.3, 0.4) is 0 Å². The highest BCUT2D eigenvalue weighted by Crippen LogP contribution is 2.14. The Labute approximate surface area is 111 Å². The van der Waals surface area contributed by atoms with Crippen LogP contribution in [0.25, 0.3) is 0 Å². The average Bonchev–Trinajstić information content (AvgIpc) is 2.40. The summed E-state index contributed by atoms with van der Waals surface area (Å²) in [6, 6.07) is 13.0. The largest absolute Gasteiger partial charge is 0.398 e. The van der Waals surface area contributed by atoms with Crippen molar-refractivity contribution < 1.29 is 9.18 Å². The number of carbonyl (C=O) groups excluding carboxylic acids is 1. The number of rotatable bonds is 3. The molecule has 2 rings (SSSR count). The van der Waals surface area contributed by atoms with Crippen LogP contribution < -0.4 is 5.73 Å². The van der Waals surface area contributed by atoms with Gasteiger partial charge in [0.2, 0.25) is 0 Å². The first-order valence-electron chi connectivity index (χ1n) is 5.92. The molecule has 3 nitrogen and oxygen atoms in total. The summed E-state index contributed by atoms with van der Waals surface area (Å²) in [6.45, 7) is 0.391. The highest BCUT2D eigenvalue weighted by molar-refractivity contribution is 5.94. The summed E-state index contributed by atoms with van der Waals surface area (Å²) in [5, 5.41) is 0. The predicted octanol–water partition coefficient (Wildman–Crippen LogP) is 2.68. The van der Waals surface area contributed by atoms with Crippen molar-refractivity contribution in [2.24, 2.45) is 0 Å². The molecule has 19 heavy (non-hydrogen) atoms. The Kier molecular flexibility index (Phi) is 3.80. The minimum Gasteiger partial charge on any atom is -0.398 e. The topological polar surface area (TPSA) is 46.3 Å². The molecule has 0 heterocycles. The van der Waals surface area contributed by atoms with Crippen molar-refractivity contribution in [2.45, 2.75) is 6.54 Å². The number of hydrogen-bond acceptors (Lipinski definition) is 2. The van der Waals surface area contributed by atoms with Crippen LogP contribution in [-0.2, 0) is 6.54 Å². The van der Waals surface area contributed by atoms with Gasteiger partial charge in [-0.05, 0) is 29.8 Å². The lowest BCUT2D eigenvalue weighted by Gasteiger charge is -2.18. The number of anilines is 1. The molecule has 0 atom stereocenters. The molecular formula is C15H15FN2O. The number of halogens is 1. The zero-order chi connectivity index (χ0) is 13.8. The van der Waals surface area contributed by atoms with Crippen molar-refractivity contribution >= 4 is 11.6 Å². The van der Waals surface area contributed by atoms with Gasteiger partial charge in [0.05, 0.1) is 0 Å². The van der Waals surface area contributed by atoms with E-state index in [1.54, 1.807) is 19.2 Å². The van der Waals surface area contributed by atoms with Crippen molar-refractivity contribution in [2.75, 3.05) is 12.8 Å². The second-order valence-electron chi connectivity index (χ2n) is 4.37. The molecule has 0 aliphatic rings. The molecule has 0 saturated heterocycles. The lowest BCUT2D eigenvalue weighted by Crippen LogP contribution is -2.26. The third-order valence-electron chi connectivity index (χ3n) is 2.88. The molecule has 0 bridgehead atoms. The van der Waals surface area contributed by atoms with Gasteiger partial charge < -0.3 is 10.6 Å². The van der Waals surface area contributed by atoms with Gasteiger partial charge >= 0.3 is 0 Å². The first-order chi connectivity index (χ1) is 9.08. The number of nitrogen functional groups attached to an aromatic ring is 1. The standard InChI is InChI=1S/C15H15FN2O/c1-18(10-12-5-2-3-8-14(12)17)15(19)11-6-4-7-13(16)9-11/h2-9H,10,17H2,1H3. The van der Waals surface area contributed by atoms with Gasteiger partial charge in [0.15, 0.2) is 0 Å². The van der Waals surface area contributed by atoms with E-state index in [-0.39, 0.29) is 5.91 Å². The summed E-state index contributed by atoms with van der Waals surface area (Å²) < 4.78 is 13.1. The Morgan fingerprint density at radius 2 is 1.95 bits per heavy atom. The van der Waals surface area contributed by atoms with Gasteiger partial charge in [-0.25, -0.2) is 4.39 Å². The first kappa shape index (κ1) is 13.1. The van der Waals surface area contributed by atoms with E-state index >= 15 is 0 Å². The number of benzene rings is 2. The molecule has 0 saturated carbocycles. The molecule has 2 aromatic rings. The second-order valence-corrected chi connectivity index (χ2v) is 4.37. The Morgan fingerprint density at radius 1 is 1.21 bits per heavy atom. The molecular weight excluding hydrogens is 243 g/mol. The number of para-hydroxylation sites is 1. The van der Waals surface area contributed by atoms with Crippen molar-refractivity contribution in [3.8, 4) is 0 Å². The number of amides is 1. The van der Waals surface area contributed by atoms with Crippen LogP contribution in [0.4, 0.5) is 10.1 Å². The van der Waals surface area contributed by atoms with Crippen molar-refractivity contribution in [3.63, 3.8) is 0 Å². The SMILES string of the molecule is CN(Cc1ccccc1N)C(=O)c1cccc(F)c1. The molecule has 0 spiro atoms. The van der Waals surface area contributed by atoms with Crippen LogP contribution in [0, 0.1) is 5.82 Å². The minimum atomic E-state index is -0.418. The Morgan fingerprint density at radius 3 is 2.63 bits per heavy atom. The maximum atomic E-state index is 13.1. The van der Waals surface area contributed by atoms with Gasteiger partial charge in [0.1, 0.15) is 5.82 Å². The molecule has 0 aliphatic carbocycles. The highest BCUT2D eigenvalue weighted by Gasteiger charge is 2.13. The fourth-order valence-corrected chi connectivity index (χ4v) is 1.85. The number of nitrogens with zero attached hydrogens (tertiary/aromatic N) is 1. The molecule has 4 heteroatoms. The van der Waals surface area contributed by atoms with Crippen LogP contribution in [0.15, 0.2) is 48.5 Å². The molecule has 2 N–H and O–H groups in total. The normalized spacial score (nSPS) is 10.2. The molecule has 98 valence electrons. The van der Waals surface area contributed by atoms with E-state index in [1.165, 1.54) is 23.1 Å². The fourth-order valence-electron chi connectivity index (χ4n) is 1.85.